The summed E-state index contributed by atoms with van der Waals surface area (Å²) in [5.41, 5.74) is 2.31. The van der Waals surface area contributed by atoms with Crippen molar-refractivity contribution >= 4 is 24.4 Å². The Balaban J connectivity index is 0.000000295. The second-order valence-corrected chi connectivity index (χ2v) is 12.2. The van der Waals surface area contributed by atoms with E-state index in [4.69, 9.17) is 18.6 Å². The zero-order valence-electron chi connectivity index (χ0n) is 20.4. The summed E-state index contributed by atoms with van der Waals surface area (Å²) in [7, 11) is 9.78. The van der Waals surface area contributed by atoms with Gasteiger partial charge in [0.15, 0.2) is 0 Å². The SMILES string of the molecule is CC1C(C)C(C)C(C)C1C.[CH3-].[Cl][Ti][Cl].[N-]=C1c2ccccc2CN1C1CCCCCC1. The van der Waals surface area contributed by atoms with Crippen LogP contribution in [-0.4, -0.2) is 16.8 Å². The third-order valence-electron chi connectivity index (χ3n) is 8.28. The largest absolute Gasteiger partial charge is 0.464 e. The number of halogens is 2. The van der Waals surface area contributed by atoms with Gasteiger partial charge < -0.3 is 17.7 Å². The Morgan fingerprint density at radius 3 is 1.65 bits per heavy atom. The Morgan fingerprint density at radius 1 is 0.806 bits per heavy atom. The Morgan fingerprint density at radius 2 is 1.23 bits per heavy atom. The minimum atomic E-state index is -0.556. The molecule has 2 nitrogen and oxygen atoms in total. The van der Waals surface area contributed by atoms with E-state index in [9.17, 15) is 5.41 Å². The molecule has 1 aromatic carbocycles. The maximum Gasteiger partial charge on any atom is -0.0235 e. The zero-order valence-corrected chi connectivity index (χ0v) is 23.4. The third kappa shape index (κ3) is 7.49. The van der Waals surface area contributed by atoms with Gasteiger partial charge in [-0.3, -0.25) is 0 Å². The summed E-state index contributed by atoms with van der Waals surface area (Å²) in [6.45, 7) is 12.9. The molecule has 0 spiro atoms. The van der Waals surface area contributed by atoms with Crippen molar-refractivity contribution in [2.75, 3.05) is 0 Å². The zero-order chi connectivity index (χ0) is 22.3. The third-order valence-corrected chi connectivity index (χ3v) is 8.28. The van der Waals surface area contributed by atoms with Crippen LogP contribution in [0.1, 0.15) is 84.3 Å². The predicted octanol–water partition coefficient (Wildman–Crippen LogP) is 8.55. The van der Waals surface area contributed by atoms with Gasteiger partial charge in [0, 0.05) is 0 Å². The Kier molecular flexibility index (Phi) is 13.4. The van der Waals surface area contributed by atoms with Crippen molar-refractivity contribution in [1.82, 2.24) is 4.90 Å². The van der Waals surface area contributed by atoms with Crippen LogP contribution in [0.15, 0.2) is 24.3 Å². The van der Waals surface area contributed by atoms with Gasteiger partial charge in [0.1, 0.15) is 0 Å². The van der Waals surface area contributed by atoms with Crippen LogP contribution in [0.3, 0.4) is 0 Å². The van der Waals surface area contributed by atoms with Crippen LogP contribution in [0.2, 0.25) is 0 Å². The monoisotopic (exact) mass is 500 g/mol. The number of fused-ring (bicyclic) bond motifs is 1. The molecule has 0 bridgehead atoms. The summed E-state index contributed by atoms with van der Waals surface area (Å²) in [5, 5.41) is 10.3. The molecule has 1 aromatic rings. The molecule has 4 rings (SSSR count). The van der Waals surface area contributed by atoms with E-state index in [2.05, 4.69) is 51.7 Å². The van der Waals surface area contributed by atoms with Gasteiger partial charge in [-0.15, -0.1) is 0 Å². The summed E-state index contributed by atoms with van der Waals surface area (Å²) >= 11 is -0.556. The standard InChI is InChI=1S/C15H19N2.C10H20.CH3.2ClH.Ti/c16-15-14-10-6-5-7-12(14)11-17(15)13-8-3-1-2-4-9-13;1-6-7(2)9(4)10(5)8(6)3;;;;/h5-7,10,13H,1-4,8-9,11H2;6-10H,1-5H3;1H3;2*1H;/q-1;;-1;;;+2/p-2. The maximum absolute atomic E-state index is 10.3. The van der Waals surface area contributed by atoms with Crippen molar-refractivity contribution in [3.8, 4) is 0 Å². The van der Waals surface area contributed by atoms with Crippen LogP contribution >= 0.6 is 18.6 Å². The Bertz CT molecular complexity index is 616. The number of rotatable bonds is 1. The first kappa shape index (κ1) is 29.0. The molecule has 2 aliphatic carbocycles. The van der Waals surface area contributed by atoms with E-state index in [1.165, 1.54) is 44.1 Å². The van der Waals surface area contributed by atoms with Crippen molar-refractivity contribution in [1.29, 1.82) is 0 Å². The molecule has 1 heterocycles. The molecule has 3 aliphatic rings. The van der Waals surface area contributed by atoms with E-state index in [0.29, 0.717) is 11.9 Å². The number of benzene rings is 1. The van der Waals surface area contributed by atoms with Gasteiger partial charge in [-0.1, -0.05) is 103 Å². The molecule has 0 atom stereocenters. The number of hydrogen-bond donors (Lipinski definition) is 0. The van der Waals surface area contributed by atoms with Crippen molar-refractivity contribution < 1.29 is 17.0 Å². The van der Waals surface area contributed by atoms with Crippen LogP contribution in [-0.2, 0) is 23.6 Å². The topological polar surface area (TPSA) is 25.5 Å². The smallest absolute Gasteiger partial charge is 0.0235 e. The van der Waals surface area contributed by atoms with E-state index < -0.39 is 17.0 Å². The number of nitrogens with zero attached hydrogens (tertiary/aromatic N) is 2. The normalized spacial score (nSPS) is 30.1. The van der Waals surface area contributed by atoms with Gasteiger partial charge in [0.2, 0.25) is 0 Å². The fourth-order valence-electron chi connectivity index (χ4n) is 5.56. The van der Waals surface area contributed by atoms with Crippen molar-refractivity contribution in [2.45, 2.75) is 85.7 Å². The minimum absolute atomic E-state index is 0. The molecule has 0 aromatic heterocycles. The molecule has 31 heavy (non-hydrogen) atoms. The van der Waals surface area contributed by atoms with E-state index >= 15 is 0 Å². The molecule has 2 saturated carbocycles. The number of amidine groups is 1. The van der Waals surface area contributed by atoms with Gasteiger partial charge in [-0.25, -0.2) is 0 Å². The first-order valence-electron chi connectivity index (χ1n) is 11.7. The second kappa shape index (κ2) is 14.3. The predicted molar refractivity (Wildman–Crippen MR) is 135 cm³/mol. The van der Waals surface area contributed by atoms with Crippen molar-refractivity contribution in [3.63, 3.8) is 0 Å². The molecule has 0 unspecified atom stereocenters. The molecule has 0 radical (unpaired) electrons. The van der Waals surface area contributed by atoms with Crippen LogP contribution < -0.4 is 0 Å². The first-order valence-corrected chi connectivity index (χ1v) is 16.0. The molecule has 5 heteroatoms. The maximum atomic E-state index is 10.3. The van der Waals surface area contributed by atoms with Crippen LogP contribution in [0.4, 0.5) is 0 Å². The Hall–Kier alpha value is -0.0157. The molecule has 0 saturated heterocycles. The van der Waals surface area contributed by atoms with Crippen molar-refractivity contribution in [2.24, 2.45) is 29.6 Å². The Labute approximate surface area is 209 Å². The molecular weight excluding hydrogens is 459 g/mol. The van der Waals surface area contributed by atoms with Crippen molar-refractivity contribution in [3.05, 3.63) is 48.2 Å². The summed E-state index contributed by atoms with van der Waals surface area (Å²) in [5.74, 6) is 5.18. The fourth-order valence-corrected chi connectivity index (χ4v) is 5.56. The average molecular weight is 501 g/mol. The molecule has 0 amide bonds. The van der Waals surface area contributed by atoms with Crippen LogP contribution in [0.25, 0.3) is 5.41 Å². The number of hydrogen-bond acceptors (Lipinski definition) is 0. The quantitative estimate of drug-likeness (QED) is 0.215. The molecule has 2 fully saturated rings. The van der Waals surface area contributed by atoms with E-state index in [-0.39, 0.29) is 7.43 Å². The molecular formula is C26H42Cl2N2Ti-2. The van der Waals surface area contributed by atoms with Crippen LogP contribution in [0, 0.1) is 37.0 Å². The van der Waals surface area contributed by atoms with Gasteiger partial charge in [0.25, 0.3) is 0 Å². The molecule has 176 valence electrons. The van der Waals surface area contributed by atoms with Gasteiger partial charge >= 0.3 is 35.6 Å². The summed E-state index contributed by atoms with van der Waals surface area (Å²) in [6.07, 6.45) is 7.81. The van der Waals surface area contributed by atoms with Gasteiger partial charge in [0.05, 0.1) is 0 Å². The van der Waals surface area contributed by atoms with Gasteiger partial charge in [-0.05, 0) is 53.3 Å². The average Bonchev–Trinajstić information content (AvgIpc) is 3.01. The minimum Gasteiger partial charge on any atom is -0.464 e. The summed E-state index contributed by atoms with van der Waals surface area (Å²) in [4.78, 5) is 2.22. The van der Waals surface area contributed by atoms with E-state index in [0.717, 1.165) is 41.7 Å². The molecule has 1 aliphatic heterocycles. The van der Waals surface area contributed by atoms with Gasteiger partial charge in [-0.2, -0.15) is 0 Å². The summed E-state index contributed by atoms with van der Waals surface area (Å²) in [6, 6.07) is 8.77. The first-order chi connectivity index (χ1) is 14.3. The second-order valence-electron chi connectivity index (χ2n) is 9.62. The molecule has 0 N–H and O–H groups in total. The van der Waals surface area contributed by atoms with Crippen LogP contribution in [0.5, 0.6) is 0 Å². The van der Waals surface area contributed by atoms with E-state index in [1.54, 1.807) is 0 Å². The fraction of sp³-hybridized carbons (Fsp3) is 0.692. The van der Waals surface area contributed by atoms with E-state index in [1.807, 2.05) is 12.1 Å². The summed E-state index contributed by atoms with van der Waals surface area (Å²) < 4.78 is 0.